The molecule has 1 amide bonds. The fourth-order valence-corrected chi connectivity index (χ4v) is 1.25. The number of hydrogen-bond donors (Lipinski definition) is 2. The van der Waals surface area contributed by atoms with Crippen LogP contribution in [0, 0.1) is 5.82 Å². The van der Waals surface area contributed by atoms with Crippen LogP contribution in [0.25, 0.3) is 0 Å². The summed E-state index contributed by atoms with van der Waals surface area (Å²) in [6.07, 6.45) is 0.849. The van der Waals surface area contributed by atoms with Crippen molar-refractivity contribution in [1.29, 1.82) is 0 Å². The molecule has 0 heterocycles. The zero-order valence-electron chi connectivity index (χ0n) is 9.83. The number of nitrogens with one attached hydrogen (secondary N) is 2. The number of carbonyl (C=O) groups excluding carboxylic acids is 1. The lowest BCUT2D eigenvalue weighted by Gasteiger charge is -2.07. The smallest absolute Gasteiger partial charge is 0.257 e. The van der Waals surface area contributed by atoms with Crippen molar-refractivity contribution in [2.75, 3.05) is 26.7 Å². The highest BCUT2D eigenvalue weighted by Gasteiger charge is 2.05. The summed E-state index contributed by atoms with van der Waals surface area (Å²) < 4.78 is 18.2. The zero-order valence-corrected chi connectivity index (χ0v) is 9.83. The van der Waals surface area contributed by atoms with Crippen LogP contribution in [0.5, 0.6) is 5.75 Å². The van der Waals surface area contributed by atoms with Crippen LogP contribution in [-0.2, 0) is 4.79 Å². The number of hydrogen-bond acceptors (Lipinski definition) is 3. The SMILES string of the molecule is CNCCCNC(=O)COc1ccccc1F. The molecule has 0 aliphatic rings. The molecule has 0 bridgehead atoms. The van der Waals surface area contributed by atoms with Gasteiger partial charge in [0.05, 0.1) is 0 Å². The highest BCUT2D eigenvalue weighted by molar-refractivity contribution is 5.77. The van der Waals surface area contributed by atoms with Gasteiger partial charge in [0.1, 0.15) is 0 Å². The van der Waals surface area contributed by atoms with Gasteiger partial charge in [0.15, 0.2) is 18.2 Å². The summed E-state index contributed by atoms with van der Waals surface area (Å²) in [5.74, 6) is -0.613. The third-order valence-corrected chi connectivity index (χ3v) is 2.12. The molecule has 1 rings (SSSR count). The summed E-state index contributed by atoms with van der Waals surface area (Å²) in [7, 11) is 1.85. The van der Waals surface area contributed by atoms with Gasteiger partial charge in [-0.25, -0.2) is 4.39 Å². The van der Waals surface area contributed by atoms with Gasteiger partial charge in [0, 0.05) is 6.54 Å². The second kappa shape index (κ2) is 7.62. The first-order valence-electron chi connectivity index (χ1n) is 5.52. The van der Waals surface area contributed by atoms with E-state index in [-0.39, 0.29) is 18.3 Å². The predicted molar refractivity (Wildman–Crippen MR) is 63.4 cm³/mol. The van der Waals surface area contributed by atoms with E-state index < -0.39 is 5.82 Å². The van der Waals surface area contributed by atoms with Crippen LogP contribution < -0.4 is 15.4 Å². The van der Waals surface area contributed by atoms with Gasteiger partial charge >= 0.3 is 0 Å². The van der Waals surface area contributed by atoms with Crippen molar-refractivity contribution in [2.24, 2.45) is 0 Å². The van der Waals surface area contributed by atoms with E-state index in [2.05, 4.69) is 10.6 Å². The minimum absolute atomic E-state index is 0.0953. The molecule has 0 spiro atoms. The molecule has 0 aromatic heterocycles. The number of benzene rings is 1. The number of ether oxygens (including phenoxy) is 1. The van der Waals surface area contributed by atoms with Crippen molar-refractivity contribution >= 4 is 5.91 Å². The number of carbonyl (C=O) groups is 1. The van der Waals surface area contributed by atoms with Crippen molar-refractivity contribution in [3.63, 3.8) is 0 Å². The Hall–Kier alpha value is -1.62. The van der Waals surface area contributed by atoms with Gasteiger partial charge in [-0.1, -0.05) is 12.1 Å². The molecule has 0 saturated heterocycles. The zero-order chi connectivity index (χ0) is 12.5. The minimum atomic E-state index is -0.463. The Morgan fingerprint density at radius 2 is 2.12 bits per heavy atom. The molecule has 0 saturated carbocycles. The third-order valence-electron chi connectivity index (χ3n) is 2.12. The van der Waals surface area contributed by atoms with Crippen molar-refractivity contribution in [3.8, 4) is 5.75 Å². The first-order chi connectivity index (χ1) is 8.24. The van der Waals surface area contributed by atoms with Crippen LogP contribution in [0.2, 0.25) is 0 Å². The number of amides is 1. The Morgan fingerprint density at radius 1 is 1.35 bits per heavy atom. The average molecular weight is 240 g/mol. The van der Waals surface area contributed by atoms with Crippen molar-refractivity contribution < 1.29 is 13.9 Å². The monoisotopic (exact) mass is 240 g/mol. The number of para-hydroxylation sites is 1. The molecule has 4 nitrogen and oxygen atoms in total. The van der Waals surface area contributed by atoms with Crippen LogP contribution in [0.1, 0.15) is 6.42 Å². The topological polar surface area (TPSA) is 50.4 Å². The van der Waals surface area contributed by atoms with E-state index in [0.29, 0.717) is 6.54 Å². The van der Waals surface area contributed by atoms with E-state index in [1.807, 2.05) is 7.05 Å². The van der Waals surface area contributed by atoms with Crippen LogP contribution in [0.4, 0.5) is 4.39 Å². The first kappa shape index (κ1) is 13.4. The summed E-state index contributed by atoms with van der Waals surface area (Å²) >= 11 is 0. The second-order valence-corrected chi connectivity index (χ2v) is 3.53. The molecule has 0 unspecified atom stereocenters. The van der Waals surface area contributed by atoms with Gasteiger partial charge in [0.25, 0.3) is 5.91 Å². The maximum atomic E-state index is 13.1. The van der Waals surface area contributed by atoms with E-state index in [0.717, 1.165) is 13.0 Å². The predicted octanol–water partition coefficient (Wildman–Crippen LogP) is 0.930. The van der Waals surface area contributed by atoms with Gasteiger partial charge in [0.2, 0.25) is 0 Å². The molecule has 94 valence electrons. The molecule has 1 aromatic rings. The number of halogens is 1. The maximum absolute atomic E-state index is 13.1. The van der Waals surface area contributed by atoms with Crippen LogP contribution >= 0.6 is 0 Å². The fourth-order valence-electron chi connectivity index (χ4n) is 1.25. The van der Waals surface area contributed by atoms with Gasteiger partial charge in [-0.15, -0.1) is 0 Å². The molecule has 0 aliphatic carbocycles. The fraction of sp³-hybridized carbons (Fsp3) is 0.417. The van der Waals surface area contributed by atoms with E-state index >= 15 is 0 Å². The maximum Gasteiger partial charge on any atom is 0.257 e. The molecule has 0 atom stereocenters. The standard InChI is InChI=1S/C12H17FN2O2/c1-14-7-4-8-15-12(16)9-17-11-6-3-2-5-10(11)13/h2-3,5-6,14H,4,7-9H2,1H3,(H,15,16). The van der Waals surface area contributed by atoms with Gasteiger partial charge in [-0.3, -0.25) is 4.79 Å². The van der Waals surface area contributed by atoms with E-state index in [1.54, 1.807) is 12.1 Å². The molecule has 0 aliphatic heterocycles. The van der Waals surface area contributed by atoms with Gasteiger partial charge in [-0.05, 0) is 32.1 Å². The number of rotatable bonds is 7. The minimum Gasteiger partial charge on any atom is -0.481 e. The molecule has 2 N–H and O–H groups in total. The van der Waals surface area contributed by atoms with Crippen LogP contribution in [0.3, 0.4) is 0 Å². The lowest BCUT2D eigenvalue weighted by molar-refractivity contribution is -0.123. The molecule has 5 heteroatoms. The normalized spacial score (nSPS) is 10.0. The largest absolute Gasteiger partial charge is 0.481 e. The Labute approximate surface area is 100 Å². The molecular weight excluding hydrogens is 223 g/mol. The van der Waals surface area contributed by atoms with Gasteiger partial charge in [-0.2, -0.15) is 0 Å². The quantitative estimate of drug-likeness (QED) is 0.697. The van der Waals surface area contributed by atoms with Crippen molar-refractivity contribution in [3.05, 3.63) is 30.1 Å². The summed E-state index contributed by atoms with van der Waals surface area (Å²) in [6.45, 7) is 1.26. The van der Waals surface area contributed by atoms with Gasteiger partial charge < -0.3 is 15.4 Å². The summed E-state index contributed by atoms with van der Waals surface area (Å²) in [6, 6.07) is 6.01. The Balaban J connectivity index is 2.22. The van der Waals surface area contributed by atoms with Crippen LogP contribution in [0.15, 0.2) is 24.3 Å². The lowest BCUT2D eigenvalue weighted by Crippen LogP contribution is -2.31. The van der Waals surface area contributed by atoms with E-state index in [4.69, 9.17) is 4.74 Å². The highest BCUT2D eigenvalue weighted by atomic mass is 19.1. The van der Waals surface area contributed by atoms with Crippen LogP contribution in [-0.4, -0.2) is 32.7 Å². The average Bonchev–Trinajstić information content (AvgIpc) is 2.34. The third kappa shape index (κ3) is 5.31. The van der Waals surface area contributed by atoms with E-state index in [1.165, 1.54) is 12.1 Å². The molecule has 17 heavy (non-hydrogen) atoms. The molecule has 0 fully saturated rings. The second-order valence-electron chi connectivity index (χ2n) is 3.53. The molecule has 1 aromatic carbocycles. The lowest BCUT2D eigenvalue weighted by atomic mass is 10.3. The summed E-state index contributed by atoms with van der Waals surface area (Å²) in [5.41, 5.74) is 0. The Kier molecular flexibility index (Phi) is 6.03. The Bertz CT molecular complexity index is 358. The summed E-state index contributed by atoms with van der Waals surface area (Å²) in [5, 5.41) is 5.66. The first-order valence-corrected chi connectivity index (χ1v) is 5.52. The highest BCUT2D eigenvalue weighted by Crippen LogP contribution is 2.14. The van der Waals surface area contributed by atoms with Crippen molar-refractivity contribution in [2.45, 2.75) is 6.42 Å². The summed E-state index contributed by atoms with van der Waals surface area (Å²) in [4.78, 5) is 11.3. The molecule has 0 radical (unpaired) electrons. The van der Waals surface area contributed by atoms with Crippen molar-refractivity contribution in [1.82, 2.24) is 10.6 Å². The van der Waals surface area contributed by atoms with E-state index in [9.17, 15) is 9.18 Å². The Morgan fingerprint density at radius 3 is 2.82 bits per heavy atom. The molecular formula is C12H17FN2O2.